The Labute approximate surface area is 138 Å². The third-order valence-corrected chi connectivity index (χ3v) is 8.64. The number of aliphatic hydroxyl groups is 1. The van der Waals surface area contributed by atoms with Gasteiger partial charge in [0.2, 0.25) is 0 Å². The van der Waals surface area contributed by atoms with Crippen LogP contribution in [0.15, 0.2) is 15.9 Å². The smallest absolute Gasteiger partial charge is 0.107 e. The van der Waals surface area contributed by atoms with Gasteiger partial charge in [-0.15, -0.1) is 11.3 Å². The van der Waals surface area contributed by atoms with E-state index in [2.05, 4.69) is 33.0 Å². The van der Waals surface area contributed by atoms with Gasteiger partial charge in [0, 0.05) is 35.3 Å². The summed E-state index contributed by atoms with van der Waals surface area (Å²) in [5.74, 6) is 1.91. The minimum Gasteiger partial charge on any atom is -0.384 e. The van der Waals surface area contributed by atoms with E-state index >= 15 is 0 Å². The monoisotopic (exact) mass is 367 g/mol. The molecule has 114 valence electrons. The number of fused-ring (bicyclic) bond motifs is 2. The molecule has 1 aromatic rings. The quantitative estimate of drug-likeness (QED) is 0.854. The SMILES string of the molecule is OC1(c2ccc(Br)s2)C2CCCC1CN(C13CC(C1)C3)C2. The first-order valence-electron chi connectivity index (χ1n) is 8.33. The summed E-state index contributed by atoms with van der Waals surface area (Å²) in [5, 5.41) is 11.6. The van der Waals surface area contributed by atoms with Crippen molar-refractivity contribution in [2.24, 2.45) is 17.8 Å². The van der Waals surface area contributed by atoms with Gasteiger partial charge in [-0.25, -0.2) is 0 Å². The highest BCUT2D eigenvalue weighted by Crippen LogP contribution is 2.63. The van der Waals surface area contributed by atoms with E-state index in [1.54, 1.807) is 11.3 Å². The largest absolute Gasteiger partial charge is 0.384 e. The van der Waals surface area contributed by atoms with Crippen molar-refractivity contribution in [3.8, 4) is 0 Å². The highest BCUT2D eigenvalue weighted by molar-refractivity contribution is 9.11. The molecule has 4 saturated carbocycles. The molecule has 6 rings (SSSR count). The summed E-state index contributed by atoms with van der Waals surface area (Å²) < 4.78 is 1.14. The molecule has 1 saturated heterocycles. The van der Waals surface area contributed by atoms with Crippen LogP contribution in [-0.4, -0.2) is 28.6 Å². The van der Waals surface area contributed by atoms with Crippen LogP contribution in [-0.2, 0) is 5.60 Å². The van der Waals surface area contributed by atoms with Crippen molar-refractivity contribution in [2.75, 3.05) is 13.1 Å². The third kappa shape index (κ3) is 1.71. The maximum absolute atomic E-state index is 11.6. The third-order valence-electron chi connectivity index (χ3n) is 6.88. The number of hydrogen-bond acceptors (Lipinski definition) is 3. The van der Waals surface area contributed by atoms with Crippen molar-refractivity contribution in [2.45, 2.75) is 49.7 Å². The summed E-state index contributed by atoms with van der Waals surface area (Å²) in [5.41, 5.74) is 0.00480. The van der Waals surface area contributed by atoms with Crippen LogP contribution in [0.3, 0.4) is 0 Å². The van der Waals surface area contributed by atoms with Gasteiger partial charge < -0.3 is 5.11 Å². The van der Waals surface area contributed by atoms with Gasteiger partial charge in [-0.3, -0.25) is 4.90 Å². The van der Waals surface area contributed by atoms with E-state index in [0.717, 1.165) is 22.8 Å². The molecule has 1 N–H and O–H groups in total. The van der Waals surface area contributed by atoms with E-state index in [-0.39, 0.29) is 0 Å². The normalized spacial score (nSPS) is 48.6. The molecule has 4 heteroatoms. The Morgan fingerprint density at radius 3 is 2.29 bits per heavy atom. The Hall–Kier alpha value is 0.1000. The number of rotatable bonds is 2. The Morgan fingerprint density at radius 1 is 1.14 bits per heavy atom. The molecule has 0 amide bonds. The van der Waals surface area contributed by atoms with Crippen LogP contribution in [0, 0.1) is 17.8 Å². The van der Waals surface area contributed by atoms with Gasteiger partial charge in [0.1, 0.15) is 5.60 Å². The Bertz CT molecular complexity index is 554. The zero-order chi connectivity index (χ0) is 14.2. The van der Waals surface area contributed by atoms with E-state index in [1.807, 2.05) is 0 Å². The zero-order valence-corrected chi connectivity index (χ0v) is 14.6. The van der Waals surface area contributed by atoms with Gasteiger partial charge in [0.15, 0.2) is 0 Å². The minimum atomic E-state index is -0.561. The fourth-order valence-corrected chi connectivity index (χ4v) is 7.23. The molecule has 2 unspecified atom stereocenters. The van der Waals surface area contributed by atoms with Gasteiger partial charge in [0.05, 0.1) is 3.79 Å². The molecule has 0 spiro atoms. The molecule has 1 aromatic heterocycles. The van der Waals surface area contributed by atoms with E-state index in [0.29, 0.717) is 17.4 Å². The first-order chi connectivity index (χ1) is 10.1. The summed E-state index contributed by atoms with van der Waals surface area (Å²) >= 11 is 5.31. The summed E-state index contributed by atoms with van der Waals surface area (Å²) in [4.78, 5) is 3.97. The minimum absolute atomic E-state index is 0.435. The first-order valence-corrected chi connectivity index (χ1v) is 9.94. The van der Waals surface area contributed by atoms with Crippen molar-refractivity contribution in [3.05, 3.63) is 20.8 Å². The van der Waals surface area contributed by atoms with Crippen molar-refractivity contribution in [1.29, 1.82) is 0 Å². The molecule has 2 heterocycles. The van der Waals surface area contributed by atoms with Gasteiger partial charge in [-0.2, -0.15) is 0 Å². The Kier molecular flexibility index (Phi) is 2.80. The van der Waals surface area contributed by atoms with E-state index in [4.69, 9.17) is 0 Å². The average molecular weight is 368 g/mol. The van der Waals surface area contributed by atoms with Gasteiger partial charge in [-0.1, -0.05) is 6.42 Å². The van der Waals surface area contributed by atoms with Gasteiger partial charge in [-0.05, 0) is 66.1 Å². The van der Waals surface area contributed by atoms with Crippen molar-refractivity contribution in [1.82, 2.24) is 4.90 Å². The number of halogens is 1. The second-order valence-electron chi connectivity index (χ2n) is 7.86. The molecule has 2 atom stereocenters. The fraction of sp³-hybridized carbons (Fsp3) is 0.765. The lowest BCUT2D eigenvalue weighted by molar-refractivity contribution is -0.216. The molecule has 4 bridgehead atoms. The standard InChI is InChI=1S/C17H22BrNOS/c18-15-5-4-14(21-15)17(20)12-2-1-3-13(17)10-19(9-12)16-6-11(7-16)8-16/h4-5,11-13,20H,1-3,6-10H2. The summed E-state index contributed by atoms with van der Waals surface area (Å²) in [6, 6.07) is 4.25. The lowest BCUT2D eigenvalue weighted by atomic mass is 9.48. The molecule has 21 heavy (non-hydrogen) atoms. The van der Waals surface area contributed by atoms with Crippen LogP contribution < -0.4 is 0 Å². The second kappa shape index (κ2) is 4.34. The summed E-state index contributed by atoms with van der Waals surface area (Å²) in [6.07, 6.45) is 8.00. The zero-order valence-electron chi connectivity index (χ0n) is 12.2. The lowest BCUT2D eigenvalue weighted by Crippen LogP contribution is -2.73. The van der Waals surface area contributed by atoms with Gasteiger partial charge in [0.25, 0.3) is 0 Å². The van der Waals surface area contributed by atoms with Crippen molar-refractivity contribution >= 4 is 27.3 Å². The second-order valence-corrected chi connectivity index (χ2v) is 10.3. The van der Waals surface area contributed by atoms with E-state index in [1.165, 1.54) is 43.4 Å². The highest BCUT2D eigenvalue weighted by Gasteiger charge is 2.63. The van der Waals surface area contributed by atoms with Crippen LogP contribution in [0.25, 0.3) is 0 Å². The maximum atomic E-state index is 11.6. The van der Waals surface area contributed by atoms with E-state index in [9.17, 15) is 5.11 Å². The number of hydrogen-bond donors (Lipinski definition) is 1. The lowest BCUT2D eigenvalue weighted by Gasteiger charge is -2.70. The molecular weight excluding hydrogens is 346 g/mol. The average Bonchev–Trinajstić information content (AvgIpc) is 2.73. The molecule has 2 nitrogen and oxygen atoms in total. The topological polar surface area (TPSA) is 23.5 Å². The van der Waals surface area contributed by atoms with Gasteiger partial charge >= 0.3 is 0 Å². The summed E-state index contributed by atoms with van der Waals surface area (Å²) in [7, 11) is 0. The number of likely N-dealkylation sites (tertiary alicyclic amines) is 1. The van der Waals surface area contributed by atoms with Crippen LogP contribution >= 0.6 is 27.3 Å². The van der Waals surface area contributed by atoms with E-state index < -0.39 is 5.60 Å². The number of piperidine rings is 1. The first kappa shape index (κ1) is 13.5. The maximum Gasteiger partial charge on any atom is 0.107 e. The molecule has 5 fully saturated rings. The molecular formula is C17H22BrNOS. The number of nitrogens with zero attached hydrogens (tertiary/aromatic N) is 1. The molecule has 0 aromatic carbocycles. The highest BCUT2D eigenvalue weighted by atomic mass is 79.9. The predicted molar refractivity (Wildman–Crippen MR) is 88.4 cm³/mol. The van der Waals surface area contributed by atoms with Crippen molar-refractivity contribution < 1.29 is 5.11 Å². The van der Waals surface area contributed by atoms with Crippen LogP contribution in [0.1, 0.15) is 43.4 Å². The van der Waals surface area contributed by atoms with Crippen LogP contribution in [0.4, 0.5) is 0 Å². The number of thiophene rings is 1. The van der Waals surface area contributed by atoms with Crippen LogP contribution in [0.5, 0.6) is 0 Å². The fourth-order valence-electron chi connectivity index (χ4n) is 5.59. The van der Waals surface area contributed by atoms with Crippen LogP contribution in [0.2, 0.25) is 0 Å². The van der Waals surface area contributed by atoms with Crippen molar-refractivity contribution in [3.63, 3.8) is 0 Å². The molecule has 1 aliphatic heterocycles. The Balaban J connectivity index is 1.48. The Morgan fingerprint density at radius 2 is 1.81 bits per heavy atom. The predicted octanol–water partition coefficient (Wildman–Crippen LogP) is 3.98. The molecule has 0 radical (unpaired) electrons. The molecule has 5 aliphatic rings. The molecule has 4 aliphatic carbocycles. The summed E-state index contributed by atoms with van der Waals surface area (Å²) in [6.45, 7) is 2.24.